The van der Waals surface area contributed by atoms with Crippen LogP contribution in [0.2, 0.25) is 0 Å². The number of carboxylic acid groups (broad SMARTS) is 1. The van der Waals surface area contributed by atoms with E-state index >= 15 is 0 Å². The minimum atomic E-state index is -0.975. The van der Waals surface area contributed by atoms with Crippen LogP contribution < -0.4 is 4.74 Å². The molecule has 106 valence electrons. The molecule has 1 aromatic heterocycles. The van der Waals surface area contributed by atoms with Gasteiger partial charge in [-0.2, -0.15) is 5.10 Å². The van der Waals surface area contributed by atoms with Crippen molar-refractivity contribution in [3.8, 4) is 5.75 Å². The van der Waals surface area contributed by atoms with Gasteiger partial charge in [-0.3, -0.25) is 4.68 Å². The number of benzene rings is 1. The van der Waals surface area contributed by atoms with Gasteiger partial charge in [0, 0.05) is 0 Å². The van der Waals surface area contributed by atoms with Crippen molar-refractivity contribution in [2.45, 2.75) is 27.3 Å². The first kappa shape index (κ1) is 14.1. The fourth-order valence-electron chi connectivity index (χ4n) is 2.15. The molecule has 1 heterocycles. The minimum Gasteiger partial charge on any atom is -0.492 e. The number of rotatable bonds is 5. The van der Waals surface area contributed by atoms with Crippen molar-refractivity contribution in [2.24, 2.45) is 0 Å². The van der Waals surface area contributed by atoms with Crippen LogP contribution in [0.15, 0.2) is 24.3 Å². The Balaban J connectivity index is 2.01. The first-order valence-corrected chi connectivity index (χ1v) is 6.44. The van der Waals surface area contributed by atoms with Gasteiger partial charge in [-0.05, 0) is 50.1 Å². The van der Waals surface area contributed by atoms with Crippen LogP contribution in [0, 0.1) is 20.8 Å². The van der Waals surface area contributed by atoms with Crippen molar-refractivity contribution < 1.29 is 14.6 Å². The monoisotopic (exact) mass is 274 g/mol. The number of hydrogen-bond acceptors (Lipinski definition) is 3. The molecule has 20 heavy (non-hydrogen) atoms. The summed E-state index contributed by atoms with van der Waals surface area (Å²) < 4.78 is 7.12. The lowest BCUT2D eigenvalue weighted by Gasteiger charge is -2.09. The van der Waals surface area contributed by atoms with Gasteiger partial charge in [0.15, 0.2) is 0 Å². The first-order valence-electron chi connectivity index (χ1n) is 6.44. The van der Waals surface area contributed by atoms with Gasteiger partial charge in [0.25, 0.3) is 0 Å². The fourth-order valence-corrected chi connectivity index (χ4v) is 2.15. The molecule has 0 saturated heterocycles. The summed E-state index contributed by atoms with van der Waals surface area (Å²) in [6.07, 6.45) is 0. The molecule has 1 N–H and O–H groups in total. The van der Waals surface area contributed by atoms with E-state index in [0.717, 1.165) is 16.9 Å². The van der Waals surface area contributed by atoms with Crippen LogP contribution in [-0.4, -0.2) is 27.5 Å². The molecule has 5 nitrogen and oxygen atoms in total. The van der Waals surface area contributed by atoms with E-state index in [9.17, 15) is 4.79 Å². The molecule has 0 atom stereocenters. The van der Waals surface area contributed by atoms with Crippen molar-refractivity contribution in [3.05, 3.63) is 46.8 Å². The maximum absolute atomic E-state index is 11.1. The van der Waals surface area contributed by atoms with Crippen LogP contribution in [0.4, 0.5) is 0 Å². The molecule has 0 bridgehead atoms. The maximum atomic E-state index is 11.1. The van der Waals surface area contributed by atoms with E-state index in [4.69, 9.17) is 9.84 Å². The smallest absolute Gasteiger partial charge is 0.354 e. The number of aromatic carboxylic acids is 1. The fraction of sp³-hybridized carbons (Fsp3) is 0.333. The van der Waals surface area contributed by atoms with Gasteiger partial charge in [0.2, 0.25) is 0 Å². The molecule has 0 fully saturated rings. The van der Waals surface area contributed by atoms with Crippen molar-refractivity contribution in [2.75, 3.05) is 6.61 Å². The Hall–Kier alpha value is -2.30. The van der Waals surface area contributed by atoms with Gasteiger partial charge in [-0.1, -0.05) is 6.07 Å². The third-order valence-corrected chi connectivity index (χ3v) is 2.89. The molecule has 2 aromatic rings. The van der Waals surface area contributed by atoms with E-state index in [-0.39, 0.29) is 5.69 Å². The van der Waals surface area contributed by atoms with Crippen LogP contribution in [0.3, 0.4) is 0 Å². The van der Waals surface area contributed by atoms with Crippen LogP contribution >= 0.6 is 0 Å². The Morgan fingerprint density at radius 1 is 1.20 bits per heavy atom. The summed E-state index contributed by atoms with van der Waals surface area (Å²) in [6, 6.07) is 7.55. The second-order valence-electron chi connectivity index (χ2n) is 4.87. The lowest BCUT2D eigenvalue weighted by atomic mass is 10.1. The number of aromatic nitrogens is 2. The third kappa shape index (κ3) is 3.38. The maximum Gasteiger partial charge on any atom is 0.354 e. The average molecular weight is 274 g/mol. The molecule has 0 aliphatic heterocycles. The lowest BCUT2D eigenvalue weighted by Crippen LogP contribution is -2.15. The number of carbonyl (C=O) groups is 1. The zero-order valence-electron chi connectivity index (χ0n) is 11.9. The molecular formula is C15H18N2O3. The summed E-state index contributed by atoms with van der Waals surface area (Å²) >= 11 is 0. The highest BCUT2D eigenvalue weighted by molar-refractivity contribution is 5.85. The van der Waals surface area contributed by atoms with Gasteiger partial charge in [-0.25, -0.2) is 4.79 Å². The second-order valence-corrected chi connectivity index (χ2v) is 4.87. The highest BCUT2D eigenvalue weighted by atomic mass is 16.5. The number of ether oxygens (including phenoxy) is 1. The largest absolute Gasteiger partial charge is 0.492 e. The zero-order valence-corrected chi connectivity index (χ0v) is 11.9. The molecular weight excluding hydrogens is 256 g/mol. The van der Waals surface area contributed by atoms with Crippen LogP contribution in [0.25, 0.3) is 0 Å². The van der Waals surface area contributed by atoms with E-state index in [2.05, 4.69) is 11.2 Å². The highest BCUT2D eigenvalue weighted by Crippen LogP contribution is 2.16. The normalized spacial score (nSPS) is 10.6. The summed E-state index contributed by atoms with van der Waals surface area (Å²) in [5, 5.41) is 13.2. The van der Waals surface area contributed by atoms with Gasteiger partial charge >= 0.3 is 5.97 Å². The Morgan fingerprint density at radius 3 is 2.45 bits per heavy atom. The SMILES string of the molecule is Cc1cc(C)cc(OCCn2nc(C)cc2C(=O)O)c1. The number of carboxylic acids is 1. The average Bonchev–Trinajstić information content (AvgIpc) is 2.69. The molecule has 0 radical (unpaired) electrons. The predicted molar refractivity (Wildman–Crippen MR) is 75.3 cm³/mol. The summed E-state index contributed by atoms with van der Waals surface area (Å²) in [5.74, 6) is -0.180. The van der Waals surface area contributed by atoms with Crippen LogP contribution in [0.1, 0.15) is 27.3 Å². The van der Waals surface area contributed by atoms with E-state index in [1.165, 1.54) is 4.68 Å². The molecule has 0 saturated carbocycles. The van der Waals surface area contributed by atoms with Crippen LogP contribution in [0.5, 0.6) is 5.75 Å². The van der Waals surface area contributed by atoms with Crippen molar-refractivity contribution in [1.82, 2.24) is 9.78 Å². The Labute approximate surface area is 117 Å². The van der Waals surface area contributed by atoms with Gasteiger partial charge in [0.05, 0.1) is 12.2 Å². The number of hydrogen-bond donors (Lipinski definition) is 1. The van der Waals surface area contributed by atoms with Gasteiger partial charge in [0.1, 0.15) is 18.1 Å². The quantitative estimate of drug-likeness (QED) is 0.910. The second kappa shape index (κ2) is 5.77. The van der Waals surface area contributed by atoms with Crippen molar-refractivity contribution in [1.29, 1.82) is 0 Å². The highest BCUT2D eigenvalue weighted by Gasteiger charge is 2.12. The lowest BCUT2D eigenvalue weighted by molar-refractivity contribution is 0.0682. The van der Waals surface area contributed by atoms with Crippen LogP contribution in [-0.2, 0) is 6.54 Å². The van der Waals surface area contributed by atoms with E-state index in [1.54, 1.807) is 13.0 Å². The van der Waals surface area contributed by atoms with E-state index in [1.807, 2.05) is 26.0 Å². The van der Waals surface area contributed by atoms with E-state index in [0.29, 0.717) is 18.8 Å². The molecule has 2 rings (SSSR count). The molecule has 1 aromatic carbocycles. The number of nitrogens with zero attached hydrogens (tertiary/aromatic N) is 2. The Kier molecular flexibility index (Phi) is 4.08. The Bertz CT molecular complexity index is 612. The predicted octanol–water partition coefficient (Wildman–Crippen LogP) is 2.59. The van der Waals surface area contributed by atoms with Gasteiger partial charge < -0.3 is 9.84 Å². The summed E-state index contributed by atoms with van der Waals surface area (Å²) in [5.41, 5.74) is 3.16. The molecule has 0 unspecified atom stereocenters. The van der Waals surface area contributed by atoms with E-state index < -0.39 is 5.97 Å². The van der Waals surface area contributed by atoms with Gasteiger partial charge in [-0.15, -0.1) is 0 Å². The minimum absolute atomic E-state index is 0.187. The summed E-state index contributed by atoms with van der Waals surface area (Å²) in [6.45, 7) is 6.58. The third-order valence-electron chi connectivity index (χ3n) is 2.89. The Morgan fingerprint density at radius 2 is 1.85 bits per heavy atom. The standard InChI is InChI=1S/C15H18N2O3/c1-10-6-11(2)8-13(7-10)20-5-4-17-14(15(18)19)9-12(3)16-17/h6-9H,4-5H2,1-3H3,(H,18,19). The molecule has 0 aliphatic carbocycles. The summed E-state index contributed by atoms with van der Waals surface area (Å²) in [4.78, 5) is 11.1. The molecule has 0 aliphatic rings. The summed E-state index contributed by atoms with van der Waals surface area (Å²) in [7, 11) is 0. The first-order chi connectivity index (χ1) is 9.45. The topological polar surface area (TPSA) is 64.4 Å². The molecule has 5 heteroatoms. The zero-order chi connectivity index (χ0) is 14.7. The van der Waals surface area contributed by atoms with Crippen molar-refractivity contribution in [3.63, 3.8) is 0 Å². The number of aryl methyl sites for hydroxylation is 3. The molecule has 0 spiro atoms. The van der Waals surface area contributed by atoms with Crippen molar-refractivity contribution >= 4 is 5.97 Å². The molecule has 0 amide bonds.